The standard InChI is InChI=1S/C13H17ClNO6P/c14-10-3-1-2-4-11(10)15-8-22(20,21)7-9(13(18)19)5-6-12(16)17/h1-4,9,15H,5-8H2,(H,16,17)(H,18,19)(H,20,21). The summed E-state index contributed by atoms with van der Waals surface area (Å²) in [5, 5.41) is 20.7. The van der Waals surface area contributed by atoms with Crippen molar-refractivity contribution in [2.24, 2.45) is 5.92 Å². The van der Waals surface area contributed by atoms with Gasteiger partial charge in [0, 0.05) is 12.6 Å². The Bertz CT molecular complexity index is 594. The van der Waals surface area contributed by atoms with Crippen LogP contribution < -0.4 is 5.32 Å². The highest BCUT2D eigenvalue weighted by atomic mass is 35.5. The predicted octanol–water partition coefficient (Wildman–Crippen LogP) is 2.55. The largest absolute Gasteiger partial charge is 0.481 e. The molecule has 0 saturated carbocycles. The molecule has 4 N–H and O–H groups in total. The number of carboxylic acid groups (broad SMARTS) is 2. The molecule has 0 bridgehead atoms. The Balaban J connectivity index is 2.64. The molecule has 2 unspecified atom stereocenters. The Hall–Kier alpha value is -1.56. The lowest BCUT2D eigenvalue weighted by Crippen LogP contribution is -2.21. The maximum Gasteiger partial charge on any atom is 0.307 e. The first-order valence-electron chi connectivity index (χ1n) is 6.45. The summed E-state index contributed by atoms with van der Waals surface area (Å²) in [6.07, 6.45) is -1.39. The molecule has 0 fully saturated rings. The maximum absolute atomic E-state index is 12.1. The second kappa shape index (κ2) is 8.17. The van der Waals surface area contributed by atoms with Gasteiger partial charge in [-0.1, -0.05) is 23.7 Å². The zero-order chi connectivity index (χ0) is 16.8. The lowest BCUT2D eigenvalue weighted by atomic mass is 10.1. The van der Waals surface area contributed by atoms with Crippen LogP contribution in [-0.4, -0.2) is 39.5 Å². The minimum absolute atomic E-state index is 0.193. The Morgan fingerprint density at radius 1 is 1.27 bits per heavy atom. The van der Waals surface area contributed by atoms with Gasteiger partial charge >= 0.3 is 11.9 Å². The van der Waals surface area contributed by atoms with Gasteiger partial charge in [-0.25, -0.2) is 0 Å². The van der Waals surface area contributed by atoms with E-state index in [0.29, 0.717) is 10.7 Å². The smallest absolute Gasteiger partial charge is 0.307 e. The lowest BCUT2D eigenvalue weighted by molar-refractivity contribution is -0.142. The van der Waals surface area contributed by atoms with E-state index in [1.165, 1.54) is 0 Å². The highest BCUT2D eigenvalue weighted by Crippen LogP contribution is 2.43. The third-order valence-electron chi connectivity index (χ3n) is 2.95. The molecule has 1 aromatic rings. The van der Waals surface area contributed by atoms with Gasteiger partial charge in [0.05, 0.1) is 22.9 Å². The van der Waals surface area contributed by atoms with Crippen LogP contribution in [0, 0.1) is 5.92 Å². The van der Waals surface area contributed by atoms with E-state index in [9.17, 15) is 19.0 Å². The van der Waals surface area contributed by atoms with E-state index in [4.69, 9.17) is 21.8 Å². The summed E-state index contributed by atoms with van der Waals surface area (Å²) in [5.74, 6) is -3.61. The third kappa shape index (κ3) is 6.47. The lowest BCUT2D eigenvalue weighted by Gasteiger charge is -2.18. The quantitative estimate of drug-likeness (QED) is 0.505. The third-order valence-corrected chi connectivity index (χ3v) is 4.95. The van der Waals surface area contributed by atoms with Crippen molar-refractivity contribution in [3.8, 4) is 0 Å². The Morgan fingerprint density at radius 3 is 2.45 bits per heavy atom. The highest BCUT2D eigenvalue weighted by Gasteiger charge is 2.29. The van der Waals surface area contributed by atoms with Gasteiger partial charge in [0.2, 0.25) is 7.37 Å². The number of anilines is 1. The number of carbonyl (C=O) groups is 2. The zero-order valence-corrected chi connectivity index (χ0v) is 13.3. The molecule has 9 heteroatoms. The maximum atomic E-state index is 12.1. The van der Waals surface area contributed by atoms with E-state index in [1.807, 2.05) is 0 Å². The Labute approximate surface area is 132 Å². The van der Waals surface area contributed by atoms with E-state index in [0.717, 1.165) is 0 Å². The monoisotopic (exact) mass is 349 g/mol. The summed E-state index contributed by atoms with van der Waals surface area (Å²) < 4.78 is 12.1. The zero-order valence-electron chi connectivity index (χ0n) is 11.6. The molecule has 0 saturated heterocycles. The first kappa shape index (κ1) is 18.5. The molecule has 7 nitrogen and oxygen atoms in total. The van der Waals surface area contributed by atoms with Crippen molar-refractivity contribution in [3.05, 3.63) is 29.3 Å². The first-order chi connectivity index (χ1) is 10.2. The molecule has 1 rings (SSSR count). The molecule has 0 radical (unpaired) electrons. The van der Waals surface area contributed by atoms with Crippen LogP contribution in [0.1, 0.15) is 12.8 Å². The normalized spacial score (nSPS) is 14.8. The van der Waals surface area contributed by atoms with E-state index in [-0.39, 0.29) is 19.1 Å². The second-order valence-electron chi connectivity index (χ2n) is 4.81. The molecule has 0 amide bonds. The highest BCUT2D eigenvalue weighted by molar-refractivity contribution is 7.58. The van der Waals surface area contributed by atoms with Gasteiger partial charge in [-0.2, -0.15) is 0 Å². The number of benzene rings is 1. The molecule has 0 aliphatic carbocycles. The Morgan fingerprint density at radius 2 is 1.91 bits per heavy atom. The summed E-state index contributed by atoms with van der Waals surface area (Å²) in [6.45, 7) is 0. The van der Waals surface area contributed by atoms with Crippen molar-refractivity contribution in [2.45, 2.75) is 12.8 Å². The van der Waals surface area contributed by atoms with Gasteiger partial charge in [-0.3, -0.25) is 14.2 Å². The van der Waals surface area contributed by atoms with Gasteiger partial charge in [0.15, 0.2) is 0 Å². The summed E-state index contributed by atoms with van der Waals surface area (Å²) in [4.78, 5) is 31.4. The van der Waals surface area contributed by atoms with Crippen LogP contribution in [0.3, 0.4) is 0 Å². The minimum atomic E-state index is -3.79. The summed E-state index contributed by atoms with van der Waals surface area (Å²) in [7, 11) is -3.79. The van der Waals surface area contributed by atoms with Gasteiger partial charge in [0.25, 0.3) is 0 Å². The molecule has 0 aliphatic rings. The average Bonchev–Trinajstić information content (AvgIpc) is 2.42. The van der Waals surface area contributed by atoms with Gasteiger partial charge in [0.1, 0.15) is 0 Å². The molecule has 0 aromatic heterocycles. The van der Waals surface area contributed by atoms with Crippen LogP contribution in [0.4, 0.5) is 5.69 Å². The fourth-order valence-electron chi connectivity index (χ4n) is 1.81. The fourth-order valence-corrected chi connectivity index (χ4v) is 3.59. The number of carboxylic acids is 2. The van der Waals surface area contributed by atoms with Crippen LogP contribution in [0.2, 0.25) is 5.02 Å². The molecule has 0 spiro atoms. The molecular weight excluding hydrogens is 333 g/mol. The minimum Gasteiger partial charge on any atom is -0.481 e. The second-order valence-corrected chi connectivity index (χ2v) is 7.59. The van der Waals surface area contributed by atoms with Crippen molar-refractivity contribution in [1.29, 1.82) is 0 Å². The number of rotatable bonds is 9. The van der Waals surface area contributed by atoms with Crippen molar-refractivity contribution >= 4 is 36.6 Å². The van der Waals surface area contributed by atoms with E-state index < -0.39 is 31.4 Å². The van der Waals surface area contributed by atoms with Crippen LogP contribution >= 0.6 is 19.0 Å². The van der Waals surface area contributed by atoms with Crippen LogP contribution in [-0.2, 0) is 14.2 Å². The first-order valence-corrected chi connectivity index (χ1v) is 8.86. The number of hydrogen-bond acceptors (Lipinski definition) is 4. The van der Waals surface area contributed by atoms with Crippen molar-refractivity contribution in [2.75, 3.05) is 17.8 Å². The van der Waals surface area contributed by atoms with Crippen LogP contribution in [0.25, 0.3) is 0 Å². The van der Waals surface area contributed by atoms with Gasteiger partial charge in [-0.05, 0) is 18.6 Å². The fraction of sp³-hybridized carbons (Fsp3) is 0.385. The van der Waals surface area contributed by atoms with E-state index in [1.54, 1.807) is 24.3 Å². The number of halogens is 1. The average molecular weight is 350 g/mol. The topological polar surface area (TPSA) is 124 Å². The van der Waals surface area contributed by atoms with E-state index in [2.05, 4.69) is 5.32 Å². The predicted molar refractivity (Wildman–Crippen MR) is 82.6 cm³/mol. The molecular formula is C13H17ClNO6P. The summed E-state index contributed by atoms with van der Waals surface area (Å²) >= 11 is 5.90. The molecule has 122 valence electrons. The number of aliphatic carboxylic acids is 2. The molecule has 22 heavy (non-hydrogen) atoms. The summed E-state index contributed by atoms with van der Waals surface area (Å²) in [5.41, 5.74) is 0.468. The number of para-hydroxylation sites is 1. The molecule has 0 aliphatic heterocycles. The van der Waals surface area contributed by atoms with Gasteiger partial charge in [-0.15, -0.1) is 0 Å². The van der Waals surface area contributed by atoms with Crippen LogP contribution in [0.15, 0.2) is 24.3 Å². The van der Waals surface area contributed by atoms with Gasteiger partial charge < -0.3 is 20.4 Å². The van der Waals surface area contributed by atoms with E-state index >= 15 is 0 Å². The van der Waals surface area contributed by atoms with Crippen LogP contribution in [0.5, 0.6) is 0 Å². The molecule has 0 heterocycles. The number of hydrogen-bond donors (Lipinski definition) is 4. The SMILES string of the molecule is O=C(O)CCC(CP(=O)(O)CNc1ccccc1Cl)C(=O)O. The van der Waals surface area contributed by atoms with Crippen molar-refractivity contribution in [3.63, 3.8) is 0 Å². The Kier molecular flexibility index (Phi) is 6.87. The van der Waals surface area contributed by atoms with Crippen molar-refractivity contribution in [1.82, 2.24) is 0 Å². The summed E-state index contributed by atoms with van der Waals surface area (Å²) in [6, 6.07) is 6.64. The molecule has 2 atom stereocenters. The molecule has 1 aromatic carbocycles. The number of nitrogens with one attached hydrogen (secondary N) is 1. The van der Waals surface area contributed by atoms with Crippen molar-refractivity contribution < 1.29 is 29.3 Å².